The third-order valence-electron chi connectivity index (χ3n) is 4.05. The molecular formula is C20H10ClIN4O. The van der Waals surface area contributed by atoms with Crippen LogP contribution in [0.15, 0.2) is 53.3 Å². The summed E-state index contributed by atoms with van der Waals surface area (Å²) in [6.45, 7) is 0. The van der Waals surface area contributed by atoms with Crippen LogP contribution in [-0.2, 0) is 0 Å². The predicted molar refractivity (Wildman–Crippen MR) is 115 cm³/mol. The van der Waals surface area contributed by atoms with Gasteiger partial charge in [-0.05, 0) is 59.0 Å². The van der Waals surface area contributed by atoms with Crippen molar-refractivity contribution in [3.63, 3.8) is 0 Å². The van der Waals surface area contributed by atoms with E-state index in [0.29, 0.717) is 16.5 Å². The van der Waals surface area contributed by atoms with Gasteiger partial charge in [-0.1, -0.05) is 29.8 Å². The van der Waals surface area contributed by atoms with E-state index in [9.17, 15) is 10.1 Å². The average molecular weight is 485 g/mol. The van der Waals surface area contributed by atoms with Crippen LogP contribution in [0.5, 0.6) is 0 Å². The summed E-state index contributed by atoms with van der Waals surface area (Å²) in [6, 6.07) is 16.9. The maximum absolute atomic E-state index is 12.4. The standard InChI is InChI=1S/C20H10ClIN4O/c21-18-12(7-11-3-1-2-4-16(11)24-18)8-13(10-23)19-25-17-6-5-14(22)9-15(17)20(27)26-19/h1-9H,(H,25,26,27). The molecule has 0 aliphatic carbocycles. The number of rotatable bonds is 2. The quantitative estimate of drug-likeness (QED) is 0.252. The van der Waals surface area contributed by atoms with Crippen molar-refractivity contribution in [2.24, 2.45) is 0 Å². The number of halogens is 2. The van der Waals surface area contributed by atoms with Crippen molar-refractivity contribution in [3.05, 3.63) is 79.0 Å². The first kappa shape index (κ1) is 17.6. The first-order valence-corrected chi connectivity index (χ1v) is 9.38. The highest BCUT2D eigenvalue weighted by molar-refractivity contribution is 14.1. The molecule has 0 saturated carbocycles. The van der Waals surface area contributed by atoms with Crippen LogP contribution in [0.4, 0.5) is 0 Å². The van der Waals surface area contributed by atoms with Gasteiger partial charge in [0.1, 0.15) is 11.2 Å². The van der Waals surface area contributed by atoms with E-state index in [1.165, 1.54) is 0 Å². The number of pyridine rings is 1. The molecule has 4 rings (SSSR count). The van der Waals surface area contributed by atoms with Crippen molar-refractivity contribution in [2.45, 2.75) is 0 Å². The van der Waals surface area contributed by atoms with Gasteiger partial charge in [0.15, 0.2) is 5.82 Å². The van der Waals surface area contributed by atoms with Crippen LogP contribution in [0.1, 0.15) is 11.4 Å². The van der Waals surface area contributed by atoms with Gasteiger partial charge in [-0.15, -0.1) is 0 Å². The highest BCUT2D eigenvalue weighted by Crippen LogP contribution is 2.24. The van der Waals surface area contributed by atoms with Gasteiger partial charge in [0, 0.05) is 14.5 Å². The second-order valence-electron chi connectivity index (χ2n) is 5.81. The van der Waals surface area contributed by atoms with Crippen LogP contribution >= 0.6 is 34.2 Å². The van der Waals surface area contributed by atoms with Gasteiger partial charge in [0.05, 0.1) is 22.0 Å². The second kappa shape index (κ2) is 7.10. The molecular weight excluding hydrogens is 475 g/mol. The molecule has 0 atom stereocenters. The van der Waals surface area contributed by atoms with Gasteiger partial charge in [-0.25, -0.2) is 9.97 Å². The summed E-state index contributed by atoms with van der Waals surface area (Å²) < 4.78 is 0.935. The zero-order chi connectivity index (χ0) is 19.0. The first-order valence-electron chi connectivity index (χ1n) is 7.92. The summed E-state index contributed by atoms with van der Waals surface area (Å²) in [6.07, 6.45) is 1.58. The second-order valence-corrected chi connectivity index (χ2v) is 7.41. The van der Waals surface area contributed by atoms with E-state index in [4.69, 9.17) is 11.6 Å². The zero-order valence-corrected chi connectivity index (χ0v) is 16.6. The molecule has 7 heteroatoms. The molecule has 0 amide bonds. The first-order chi connectivity index (χ1) is 13.0. The van der Waals surface area contributed by atoms with Crippen molar-refractivity contribution in [1.29, 1.82) is 5.26 Å². The topological polar surface area (TPSA) is 82.4 Å². The molecule has 4 aromatic rings. The molecule has 2 aromatic heterocycles. The lowest BCUT2D eigenvalue weighted by Crippen LogP contribution is -2.11. The Morgan fingerprint density at radius 3 is 2.78 bits per heavy atom. The van der Waals surface area contributed by atoms with E-state index < -0.39 is 0 Å². The number of aromatic amines is 1. The Labute approximate surface area is 172 Å². The van der Waals surface area contributed by atoms with E-state index in [0.717, 1.165) is 14.5 Å². The van der Waals surface area contributed by atoms with Crippen LogP contribution in [-0.4, -0.2) is 15.0 Å². The Morgan fingerprint density at radius 2 is 1.96 bits per heavy atom. The maximum atomic E-state index is 12.4. The fraction of sp³-hybridized carbons (Fsp3) is 0. The SMILES string of the molecule is N#CC(=Cc1cc2ccccc2nc1Cl)c1nc2ccc(I)cc2c(=O)[nH]1. The van der Waals surface area contributed by atoms with Gasteiger partial charge in [0.25, 0.3) is 5.56 Å². The van der Waals surface area contributed by atoms with Crippen LogP contribution in [0, 0.1) is 14.9 Å². The number of para-hydroxylation sites is 1. The summed E-state index contributed by atoms with van der Waals surface area (Å²) >= 11 is 8.41. The Hall–Kier alpha value is -2.76. The predicted octanol–water partition coefficient (Wildman–Crippen LogP) is 4.79. The van der Waals surface area contributed by atoms with E-state index >= 15 is 0 Å². The van der Waals surface area contributed by atoms with Gasteiger partial charge < -0.3 is 4.98 Å². The summed E-state index contributed by atoms with van der Waals surface area (Å²) in [4.78, 5) is 23.8. The third kappa shape index (κ3) is 3.44. The summed E-state index contributed by atoms with van der Waals surface area (Å²) in [7, 11) is 0. The Balaban J connectivity index is 1.89. The van der Waals surface area contributed by atoms with E-state index in [1.807, 2.05) is 36.4 Å². The number of hydrogen-bond acceptors (Lipinski definition) is 4. The van der Waals surface area contributed by atoms with Crippen LogP contribution in [0.2, 0.25) is 5.15 Å². The molecule has 2 aromatic carbocycles. The number of benzene rings is 2. The maximum Gasteiger partial charge on any atom is 0.259 e. The Bertz CT molecular complexity index is 1340. The lowest BCUT2D eigenvalue weighted by molar-refractivity contribution is 1.13. The van der Waals surface area contributed by atoms with Crippen molar-refractivity contribution in [1.82, 2.24) is 15.0 Å². The Morgan fingerprint density at radius 1 is 1.15 bits per heavy atom. The molecule has 0 aliphatic rings. The van der Waals surface area contributed by atoms with E-state index in [2.05, 4.69) is 43.6 Å². The van der Waals surface area contributed by atoms with E-state index in [1.54, 1.807) is 18.2 Å². The number of hydrogen-bond donors (Lipinski definition) is 1. The molecule has 0 unspecified atom stereocenters. The lowest BCUT2D eigenvalue weighted by atomic mass is 10.1. The molecule has 0 spiro atoms. The molecule has 0 fully saturated rings. The minimum atomic E-state index is -0.294. The van der Waals surface area contributed by atoms with Gasteiger partial charge in [0.2, 0.25) is 0 Å². The zero-order valence-electron chi connectivity index (χ0n) is 13.7. The molecule has 5 nitrogen and oxygen atoms in total. The number of aromatic nitrogens is 3. The average Bonchev–Trinajstić information content (AvgIpc) is 2.66. The van der Waals surface area contributed by atoms with E-state index in [-0.39, 0.29) is 22.1 Å². The number of nitriles is 1. The normalized spacial score (nSPS) is 11.7. The molecule has 0 radical (unpaired) electrons. The summed E-state index contributed by atoms with van der Waals surface area (Å²) in [5.41, 5.74) is 1.78. The van der Waals surface area contributed by atoms with Crippen LogP contribution < -0.4 is 5.56 Å². The van der Waals surface area contributed by atoms with Crippen molar-refractivity contribution in [2.75, 3.05) is 0 Å². The number of allylic oxidation sites excluding steroid dienone is 1. The van der Waals surface area contributed by atoms with Crippen LogP contribution in [0.25, 0.3) is 33.5 Å². The largest absolute Gasteiger partial charge is 0.305 e. The third-order valence-corrected chi connectivity index (χ3v) is 5.02. The lowest BCUT2D eigenvalue weighted by Gasteiger charge is -2.05. The highest BCUT2D eigenvalue weighted by Gasteiger charge is 2.11. The fourth-order valence-corrected chi connectivity index (χ4v) is 3.45. The van der Waals surface area contributed by atoms with Crippen molar-refractivity contribution >= 4 is 67.6 Å². The van der Waals surface area contributed by atoms with Gasteiger partial charge >= 0.3 is 0 Å². The van der Waals surface area contributed by atoms with Crippen molar-refractivity contribution < 1.29 is 0 Å². The molecule has 130 valence electrons. The Kier molecular flexibility index (Phi) is 4.64. The summed E-state index contributed by atoms with van der Waals surface area (Å²) in [5.74, 6) is 0.195. The van der Waals surface area contributed by atoms with Gasteiger partial charge in [-0.3, -0.25) is 4.79 Å². The van der Waals surface area contributed by atoms with Crippen LogP contribution in [0.3, 0.4) is 0 Å². The monoisotopic (exact) mass is 484 g/mol. The van der Waals surface area contributed by atoms with Crippen molar-refractivity contribution in [3.8, 4) is 6.07 Å². The molecule has 2 heterocycles. The fourth-order valence-electron chi connectivity index (χ4n) is 2.76. The molecule has 0 aliphatic heterocycles. The number of nitrogens with one attached hydrogen (secondary N) is 1. The minimum absolute atomic E-state index is 0.195. The molecule has 0 saturated heterocycles. The minimum Gasteiger partial charge on any atom is -0.305 e. The van der Waals surface area contributed by atoms with Gasteiger partial charge in [-0.2, -0.15) is 5.26 Å². The number of nitrogens with zero attached hydrogens (tertiary/aromatic N) is 3. The highest BCUT2D eigenvalue weighted by atomic mass is 127. The number of fused-ring (bicyclic) bond motifs is 2. The smallest absolute Gasteiger partial charge is 0.259 e. The molecule has 27 heavy (non-hydrogen) atoms. The molecule has 0 bridgehead atoms. The summed E-state index contributed by atoms with van der Waals surface area (Å²) in [5, 5.41) is 11.3. The number of H-pyrrole nitrogens is 1. The molecule has 1 N–H and O–H groups in total.